The largest absolute Gasteiger partial charge is 0.493 e. The van der Waals surface area contributed by atoms with Crippen LogP contribution >= 0.6 is 0 Å². The van der Waals surface area contributed by atoms with Gasteiger partial charge in [-0.1, -0.05) is 6.92 Å². The molecule has 8 heteroatoms. The number of sulfonamides is 1. The molecular formula is C17H23N3O4S. The van der Waals surface area contributed by atoms with Gasteiger partial charge in [-0.25, -0.2) is 13.4 Å². The highest BCUT2D eigenvalue weighted by Gasteiger charge is 2.17. The maximum atomic E-state index is 12.5. The van der Waals surface area contributed by atoms with Crippen LogP contribution in [-0.4, -0.2) is 33.7 Å². The van der Waals surface area contributed by atoms with Gasteiger partial charge in [-0.3, -0.25) is 4.72 Å². The topological polar surface area (TPSA) is 89.5 Å². The SMILES string of the molecule is CCC(C)Nc1ccc(NS(=O)(=O)c2ccc(OC)c(OC)c2)nc1. The standard InChI is InChI=1S/C17H23N3O4S/c1-5-12(2)19-13-6-9-17(18-11-13)20-25(21,22)14-7-8-15(23-3)16(10-14)24-4/h6-12,19H,5H2,1-4H3,(H,18,20). The van der Waals surface area contributed by atoms with Gasteiger partial charge in [-0.05, 0) is 37.6 Å². The van der Waals surface area contributed by atoms with Gasteiger partial charge in [0.25, 0.3) is 10.0 Å². The van der Waals surface area contributed by atoms with Gasteiger partial charge in [0.15, 0.2) is 11.5 Å². The van der Waals surface area contributed by atoms with E-state index in [0.717, 1.165) is 12.1 Å². The van der Waals surface area contributed by atoms with E-state index in [1.807, 2.05) is 0 Å². The summed E-state index contributed by atoms with van der Waals surface area (Å²) in [6.07, 6.45) is 2.58. The molecular weight excluding hydrogens is 342 g/mol. The first-order valence-electron chi connectivity index (χ1n) is 7.87. The first-order valence-corrected chi connectivity index (χ1v) is 9.35. The number of ether oxygens (including phenoxy) is 2. The molecule has 1 heterocycles. The van der Waals surface area contributed by atoms with E-state index in [-0.39, 0.29) is 10.7 Å². The fourth-order valence-electron chi connectivity index (χ4n) is 2.11. The average Bonchev–Trinajstić information content (AvgIpc) is 2.62. The summed E-state index contributed by atoms with van der Waals surface area (Å²) in [4.78, 5) is 4.21. The fraction of sp³-hybridized carbons (Fsp3) is 0.353. The van der Waals surface area contributed by atoms with Gasteiger partial charge in [-0.15, -0.1) is 0 Å². The number of hydrogen-bond acceptors (Lipinski definition) is 6. The molecule has 7 nitrogen and oxygen atoms in total. The second-order valence-corrected chi connectivity index (χ2v) is 7.19. The van der Waals surface area contributed by atoms with Gasteiger partial charge in [0.2, 0.25) is 0 Å². The van der Waals surface area contributed by atoms with E-state index in [4.69, 9.17) is 9.47 Å². The number of rotatable bonds is 8. The van der Waals surface area contributed by atoms with Crippen molar-refractivity contribution in [2.45, 2.75) is 31.2 Å². The number of anilines is 2. The Hall–Kier alpha value is -2.48. The lowest BCUT2D eigenvalue weighted by molar-refractivity contribution is 0.354. The van der Waals surface area contributed by atoms with Crippen LogP contribution in [-0.2, 0) is 10.0 Å². The molecule has 0 fully saturated rings. The summed E-state index contributed by atoms with van der Waals surface area (Å²) >= 11 is 0. The molecule has 1 unspecified atom stereocenters. The molecule has 1 aromatic heterocycles. The average molecular weight is 365 g/mol. The molecule has 0 aliphatic rings. The Morgan fingerprint density at radius 3 is 2.40 bits per heavy atom. The van der Waals surface area contributed by atoms with Crippen LogP contribution in [0.25, 0.3) is 0 Å². The normalized spacial score (nSPS) is 12.3. The lowest BCUT2D eigenvalue weighted by Crippen LogP contribution is -2.15. The zero-order valence-electron chi connectivity index (χ0n) is 14.7. The van der Waals surface area contributed by atoms with Crippen molar-refractivity contribution in [3.05, 3.63) is 36.5 Å². The van der Waals surface area contributed by atoms with Crippen LogP contribution < -0.4 is 19.5 Å². The zero-order chi connectivity index (χ0) is 18.4. The molecule has 1 aromatic carbocycles. The first-order chi connectivity index (χ1) is 11.9. The second kappa shape index (κ2) is 8.06. The van der Waals surface area contributed by atoms with E-state index >= 15 is 0 Å². The predicted molar refractivity (Wildman–Crippen MR) is 98.0 cm³/mol. The summed E-state index contributed by atoms with van der Waals surface area (Å²) in [5.41, 5.74) is 0.836. The molecule has 25 heavy (non-hydrogen) atoms. The number of hydrogen-bond donors (Lipinski definition) is 2. The Balaban J connectivity index is 2.18. The van der Waals surface area contributed by atoms with E-state index < -0.39 is 10.0 Å². The van der Waals surface area contributed by atoms with Gasteiger partial charge < -0.3 is 14.8 Å². The van der Waals surface area contributed by atoms with Crippen molar-refractivity contribution in [1.82, 2.24) is 4.98 Å². The van der Waals surface area contributed by atoms with Gasteiger partial charge in [0.1, 0.15) is 5.82 Å². The van der Waals surface area contributed by atoms with Crippen LogP contribution in [0.3, 0.4) is 0 Å². The van der Waals surface area contributed by atoms with Crippen molar-refractivity contribution < 1.29 is 17.9 Å². The van der Waals surface area contributed by atoms with Crippen LogP contribution in [0.15, 0.2) is 41.4 Å². The van der Waals surface area contributed by atoms with Crippen molar-refractivity contribution in [1.29, 1.82) is 0 Å². The number of nitrogens with zero attached hydrogens (tertiary/aromatic N) is 1. The molecule has 2 rings (SSSR count). The smallest absolute Gasteiger partial charge is 0.263 e. The molecule has 0 aliphatic heterocycles. The van der Waals surface area contributed by atoms with Gasteiger partial charge in [0, 0.05) is 12.1 Å². The summed E-state index contributed by atoms with van der Waals surface area (Å²) < 4.78 is 37.7. The highest BCUT2D eigenvalue weighted by molar-refractivity contribution is 7.92. The van der Waals surface area contributed by atoms with E-state index in [0.29, 0.717) is 17.5 Å². The minimum absolute atomic E-state index is 0.0637. The maximum absolute atomic E-state index is 12.5. The maximum Gasteiger partial charge on any atom is 0.263 e. The summed E-state index contributed by atoms with van der Waals surface area (Å²) in [5, 5.41) is 3.27. The summed E-state index contributed by atoms with van der Waals surface area (Å²) in [7, 11) is -0.840. The second-order valence-electron chi connectivity index (χ2n) is 5.51. The number of nitrogens with one attached hydrogen (secondary N) is 2. The molecule has 2 N–H and O–H groups in total. The molecule has 0 amide bonds. The minimum Gasteiger partial charge on any atom is -0.493 e. The van der Waals surface area contributed by atoms with Gasteiger partial charge in [-0.2, -0.15) is 0 Å². The molecule has 0 aliphatic carbocycles. The Labute approximate surface area is 148 Å². The number of methoxy groups -OCH3 is 2. The Kier molecular flexibility index (Phi) is 6.08. The third kappa shape index (κ3) is 4.76. The third-order valence-electron chi connectivity index (χ3n) is 3.69. The highest BCUT2D eigenvalue weighted by Crippen LogP contribution is 2.30. The third-order valence-corrected chi connectivity index (χ3v) is 5.05. The minimum atomic E-state index is -3.78. The van der Waals surface area contributed by atoms with Crippen LogP contribution in [0, 0.1) is 0 Å². The fourth-order valence-corrected chi connectivity index (χ4v) is 3.13. The molecule has 2 aromatic rings. The van der Waals surface area contributed by atoms with Crippen molar-refractivity contribution in [2.24, 2.45) is 0 Å². The first kappa shape index (κ1) is 18.9. The molecule has 136 valence electrons. The summed E-state index contributed by atoms with van der Waals surface area (Å²) in [5.74, 6) is 1.04. The molecule has 0 radical (unpaired) electrons. The Morgan fingerprint density at radius 2 is 1.84 bits per heavy atom. The number of aromatic nitrogens is 1. The van der Waals surface area contributed by atoms with Crippen LogP contribution in [0.5, 0.6) is 11.5 Å². The quantitative estimate of drug-likeness (QED) is 0.747. The molecule has 0 saturated carbocycles. The van der Waals surface area contributed by atoms with Crippen molar-refractivity contribution in [2.75, 3.05) is 24.3 Å². The molecule has 0 bridgehead atoms. The van der Waals surface area contributed by atoms with E-state index in [2.05, 4.69) is 28.9 Å². The lowest BCUT2D eigenvalue weighted by atomic mass is 10.2. The lowest BCUT2D eigenvalue weighted by Gasteiger charge is -2.14. The van der Waals surface area contributed by atoms with Crippen molar-refractivity contribution in [3.63, 3.8) is 0 Å². The number of benzene rings is 1. The zero-order valence-corrected chi connectivity index (χ0v) is 15.6. The Bertz CT molecular complexity index is 807. The summed E-state index contributed by atoms with van der Waals surface area (Å²) in [6.45, 7) is 4.14. The van der Waals surface area contributed by atoms with Crippen LogP contribution in [0.1, 0.15) is 20.3 Å². The molecule has 0 spiro atoms. The van der Waals surface area contributed by atoms with E-state index in [1.54, 1.807) is 24.4 Å². The van der Waals surface area contributed by atoms with Crippen LogP contribution in [0.2, 0.25) is 0 Å². The highest BCUT2D eigenvalue weighted by atomic mass is 32.2. The van der Waals surface area contributed by atoms with Crippen molar-refractivity contribution >= 4 is 21.5 Å². The predicted octanol–water partition coefficient (Wildman–Crippen LogP) is 3.11. The monoisotopic (exact) mass is 365 g/mol. The Morgan fingerprint density at radius 1 is 1.12 bits per heavy atom. The van der Waals surface area contributed by atoms with Crippen LogP contribution in [0.4, 0.5) is 11.5 Å². The molecule has 1 atom stereocenters. The van der Waals surface area contributed by atoms with Gasteiger partial charge in [0.05, 0.1) is 31.0 Å². The van der Waals surface area contributed by atoms with E-state index in [1.165, 1.54) is 26.4 Å². The van der Waals surface area contributed by atoms with Gasteiger partial charge >= 0.3 is 0 Å². The molecule has 0 saturated heterocycles. The van der Waals surface area contributed by atoms with E-state index in [9.17, 15) is 8.42 Å². The van der Waals surface area contributed by atoms with Crippen molar-refractivity contribution in [3.8, 4) is 11.5 Å². The summed E-state index contributed by atoms with van der Waals surface area (Å²) in [6, 6.07) is 8.10. The number of pyridine rings is 1.